The first kappa shape index (κ1) is 11.7. The summed E-state index contributed by atoms with van der Waals surface area (Å²) in [6.07, 6.45) is 0.900. The van der Waals surface area contributed by atoms with E-state index < -0.39 is 15.9 Å². The van der Waals surface area contributed by atoms with Crippen LogP contribution in [-0.4, -0.2) is 32.2 Å². The molecule has 6 heteroatoms. The molecule has 0 aromatic heterocycles. The zero-order chi connectivity index (χ0) is 11.5. The van der Waals surface area contributed by atoms with Crippen LogP contribution in [0.15, 0.2) is 30.3 Å². The molecule has 1 rings (SSSR count). The van der Waals surface area contributed by atoms with Crippen molar-refractivity contribution in [1.82, 2.24) is 4.47 Å². The Hall–Kier alpha value is -1.40. The van der Waals surface area contributed by atoms with Gasteiger partial charge >= 0.3 is 0 Å². The van der Waals surface area contributed by atoms with Crippen LogP contribution in [0.3, 0.4) is 0 Å². The van der Waals surface area contributed by atoms with Gasteiger partial charge in [-0.25, -0.2) is 8.42 Å². The highest BCUT2D eigenvalue weighted by molar-refractivity contribution is 7.88. The fourth-order valence-electron chi connectivity index (χ4n) is 1.06. The summed E-state index contributed by atoms with van der Waals surface area (Å²) >= 11 is 0. The molecule has 0 N–H and O–H groups in total. The summed E-state index contributed by atoms with van der Waals surface area (Å²) in [4.78, 5) is 16.2. The Balaban J connectivity index is 3.04. The van der Waals surface area contributed by atoms with Crippen LogP contribution in [0.4, 0.5) is 0 Å². The lowest BCUT2D eigenvalue weighted by atomic mass is 10.2. The predicted molar refractivity (Wildman–Crippen MR) is 54.5 cm³/mol. The summed E-state index contributed by atoms with van der Waals surface area (Å²) in [5.74, 6) is -0.708. The van der Waals surface area contributed by atoms with E-state index >= 15 is 0 Å². The molecule has 0 aliphatic carbocycles. The van der Waals surface area contributed by atoms with Gasteiger partial charge in [-0.1, -0.05) is 18.2 Å². The minimum absolute atomic E-state index is 0.254. The molecular weight excluding hydrogens is 218 g/mol. The Morgan fingerprint density at radius 1 is 1.27 bits per heavy atom. The third kappa shape index (κ3) is 2.77. The molecule has 0 aliphatic heterocycles. The molecule has 1 aromatic rings. The number of carbonyl (C=O) groups excluding carboxylic acids is 1. The normalized spacial score (nSPS) is 11.1. The van der Waals surface area contributed by atoms with Gasteiger partial charge in [0.25, 0.3) is 15.9 Å². The molecule has 0 spiro atoms. The summed E-state index contributed by atoms with van der Waals surface area (Å²) in [6.45, 7) is 0. The lowest BCUT2D eigenvalue weighted by molar-refractivity contribution is -0.0278. The quantitative estimate of drug-likeness (QED) is 0.714. The van der Waals surface area contributed by atoms with Crippen LogP contribution < -0.4 is 0 Å². The van der Waals surface area contributed by atoms with Gasteiger partial charge in [-0.3, -0.25) is 9.63 Å². The number of rotatable bonds is 3. The first-order chi connectivity index (χ1) is 6.96. The summed E-state index contributed by atoms with van der Waals surface area (Å²) in [7, 11) is -2.57. The van der Waals surface area contributed by atoms with Crippen LogP contribution in [-0.2, 0) is 14.9 Å². The van der Waals surface area contributed by atoms with E-state index in [0.29, 0.717) is 4.47 Å². The molecule has 0 aliphatic rings. The number of benzene rings is 1. The lowest BCUT2D eigenvalue weighted by Crippen LogP contribution is -2.35. The van der Waals surface area contributed by atoms with Gasteiger partial charge < -0.3 is 0 Å². The molecular formula is C9H11NO4S. The predicted octanol–water partition coefficient (Wildman–Crippen LogP) is 0.650. The fourth-order valence-corrected chi connectivity index (χ4v) is 1.73. The molecule has 1 aromatic carbocycles. The maximum atomic E-state index is 11.6. The van der Waals surface area contributed by atoms with E-state index in [-0.39, 0.29) is 5.56 Å². The largest absolute Gasteiger partial charge is 0.291 e. The second-order valence-corrected chi connectivity index (χ2v) is 4.64. The van der Waals surface area contributed by atoms with Crippen molar-refractivity contribution in [2.24, 2.45) is 0 Å². The highest BCUT2D eigenvalue weighted by Gasteiger charge is 2.24. The van der Waals surface area contributed by atoms with Crippen molar-refractivity contribution in [3.8, 4) is 0 Å². The second kappa shape index (κ2) is 4.41. The van der Waals surface area contributed by atoms with E-state index in [1.165, 1.54) is 12.1 Å². The van der Waals surface area contributed by atoms with Gasteiger partial charge in [0.1, 0.15) is 0 Å². The van der Waals surface area contributed by atoms with Gasteiger partial charge in [0.15, 0.2) is 0 Å². The molecule has 1 amide bonds. The zero-order valence-corrected chi connectivity index (χ0v) is 9.19. The minimum Gasteiger partial charge on any atom is -0.266 e. The summed E-state index contributed by atoms with van der Waals surface area (Å²) in [5.41, 5.74) is 0.254. The summed E-state index contributed by atoms with van der Waals surface area (Å²) < 4.78 is 22.7. The van der Waals surface area contributed by atoms with Crippen molar-refractivity contribution in [2.75, 3.05) is 13.4 Å². The van der Waals surface area contributed by atoms with Crippen LogP contribution in [0, 0.1) is 0 Å². The molecule has 82 valence electrons. The van der Waals surface area contributed by atoms with Crippen molar-refractivity contribution in [2.45, 2.75) is 0 Å². The Labute approximate surface area is 88.3 Å². The molecule has 15 heavy (non-hydrogen) atoms. The van der Waals surface area contributed by atoms with Crippen molar-refractivity contribution in [3.05, 3.63) is 35.9 Å². The average molecular weight is 229 g/mol. The molecule has 0 saturated heterocycles. The molecule has 0 unspecified atom stereocenters. The van der Waals surface area contributed by atoms with E-state index in [2.05, 4.69) is 4.84 Å². The number of hydroxylamine groups is 1. The molecule has 0 heterocycles. The monoisotopic (exact) mass is 229 g/mol. The third-order valence-corrected chi connectivity index (χ3v) is 2.57. The summed E-state index contributed by atoms with van der Waals surface area (Å²) in [5, 5.41) is 0. The number of nitrogens with zero attached hydrogens (tertiary/aromatic N) is 1. The number of hydrogen-bond donors (Lipinski definition) is 0. The molecule has 5 nitrogen and oxygen atoms in total. The van der Waals surface area contributed by atoms with Gasteiger partial charge in [0.2, 0.25) is 0 Å². The van der Waals surface area contributed by atoms with Crippen molar-refractivity contribution < 1.29 is 18.0 Å². The van der Waals surface area contributed by atoms with E-state index in [4.69, 9.17) is 0 Å². The Morgan fingerprint density at radius 3 is 2.20 bits per heavy atom. The van der Waals surface area contributed by atoms with Gasteiger partial charge in [0.05, 0.1) is 13.4 Å². The summed E-state index contributed by atoms with van der Waals surface area (Å²) in [6, 6.07) is 8.04. The van der Waals surface area contributed by atoms with E-state index in [1.807, 2.05) is 0 Å². The first-order valence-electron chi connectivity index (χ1n) is 4.10. The Bertz CT molecular complexity index is 440. The van der Waals surface area contributed by atoms with Gasteiger partial charge in [0, 0.05) is 5.56 Å². The maximum absolute atomic E-state index is 11.6. The average Bonchev–Trinajstić information content (AvgIpc) is 2.18. The molecule has 0 atom stereocenters. The first-order valence-corrected chi connectivity index (χ1v) is 5.95. The standard InChI is InChI=1S/C9H11NO4S/c1-14-10(15(2,12)13)9(11)8-6-4-3-5-7-8/h3-7H,1-2H3. The van der Waals surface area contributed by atoms with Crippen LogP contribution in [0.2, 0.25) is 0 Å². The minimum atomic E-state index is -3.70. The van der Waals surface area contributed by atoms with E-state index in [1.54, 1.807) is 18.2 Å². The van der Waals surface area contributed by atoms with E-state index in [0.717, 1.165) is 13.4 Å². The van der Waals surface area contributed by atoms with Gasteiger partial charge in [-0.15, -0.1) is 4.47 Å². The van der Waals surface area contributed by atoms with Crippen molar-refractivity contribution in [3.63, 3.8) is 0 Å². The van der Waals surface area contributed by atoms with Crippen molar-refractivity contribution >= 4 is 15.9 Å². The zero-order valence-electron chi connectivity index (χ0n) is 8.38. The molecule has 0 fully saturated rings. The molecule has 0 saturated carbocycles. The molecule has 0 radical (unpaired) electrons. The number of amides is 1. The Morgan fingerprint density at radius 2 is 1.80 bits per heavy atom. The number of sulfonamides is 1. The van der Waals surface area contributed by atoms with Crippen LogP contribution in [0.1, 0.15) is 10.4 Å². The van der Waals surface area contributed by atoms with E-state index in [9.17, 15) is 13.2 Å². The van der Waals surface area contributed by atoms with Gasteiger partial charge in [-0.05, 0) is 12.1 Å². The third-order valence-electron chi connectivity index (χ3n) is 1.65. The second-order valence-electron chi connectivity index (χ2n) is 2.84. The number of carbonyl (C=O) groups is 1. The highest BCUT2D eigenvalue weighted by Crippen LogP contribution is 2.07. The highest BCUT2D eigenvalue weighted by atomic mass is 32.2. The number of hydrogen-bond acceptors (Lipinski definition) is 4. The topological polar surface area (TPSA) is 63.7 Å². The van der Waals surface area contributed by atoms with Crippen LogP contribution >= 0.6 is 0 Å². The van der Waals surface area contributed by atoms with Crippen LogP contribution in [0.25, 0.3) is 0 Å². The fraction of sp³-hybridized carbons (Fsp3) is 0.222. The van der Waals surface area contributed by atoms with Gasteiger partial charge in [-0.2, -0.15) is 0 Å². The molecule has 0 bridgehead atoms. The smallest absolute Gasteiger partial charge is 0.266 e. The Kier molecular flexibility index (Phi) is 3.43. The SMILES string of the molecule is CON(C(=O)c1ccccc1)S(C)(=O)=O. The van der Waals surface area contributed by atoms with Crippen molar-refractivity contribution in [1.29, 1.82) is 0 Å². The van der Waals surface area contributed by atoms with Crippen LogP contribution in [0.5, 0.6) is 0 Å². The maximum Gasteiger partial charge on any atom is 0.291 e. The lowest BCUT2D eigenvalue weighted by Gasteiger charge is -2.16.